The Morgan fingerprint density at radius 2 is 1.76 bits per heavy atom. The number of hydrogen-bond donors (Lipinski definition) is 0. The number of Topliss-reactive ketones (excluding diaryl/α,β-unsaturated/α-hetero) is 1. The van der Waals surface area contributed by atoms with Crippen molar-refractivity contribution in [1.82, 2.24) is 0 Å². The van der Waals surface area contributed by atoms with E-state index >= 15 is 0 Å². The van der Waals surface area contributed by atoms with E-state index in [1.165, 1.54) is 7.11 Å². The van der Waals surface area contributed by atoms with Crippen LogP contribution in [0, 0.1) is 13.8 Å². The van der Waals surface area contributed by atoms with Gasteiger partial charge in [-0.05, 0) is 38.5 Å². The van der Waals surface area contributed by atoms with E-state index in [0.29, 0.717) is 23.7 Å². The van der Waals surface area contributed by atoms with Crippen LogP contribution in [0.25, 0.3) is 0 Å². The fraction of sp³-hybridized carbons (Fsp3) is 0.300. The smallest absolute Gasteiger partial charge is 0.379 e. The van der Waals surface area contributed by atoms with E-state index in [2.05, 4.69) is 4.74 Å². The summed E-state index contributed by atoms with van der Waals surface area (Å²) in [6.07, 6.45) is 0. The Balaban J connectivity index is 2.36. The van der Waals surface area contributed by atoms with Gasteiger partial charge in [-0.25, -0.2) is 4.79 Å². The SMILES string of the molecule is CCOc1cccc(C(=O)C(=O)OC)c1COc1ccc(C)cc1C. The average Bonchev–Trinajstić information content (AvgIpc) is 2.60. The van der Waals surface area contributed by atoms with E-state index in [0.717, 1.165) is 11.1 Å². The van der Waals surface area contributed by atoms with E-state index in [1.807, 2.05) is 39.0 Å². The predicted molar refractivity (Wildman–Crippen MR) is 94.2 cm³/mol. The third-order valence-corrected chi connectivity index (χ3v) is 3.75. The van der Waals surface area contributed by atoms with Gasteiger partial charge in [-0.1, -0.05) is 29.8 Å². The average molecular weight is 342 g/mol. The first-order valence-corrected chi connectivity index (χ1v) is 8.05. The second-order valence-electron chi connectivity index (χ2n) is 5.59. The van der Waals surface area contributed by atoms with Crippen LogP contribution < -0.4 is 9.47 Å². The minimum absolute atomic E-state index is 0.109. The fourth-order valence-corrected chi connectivity index (χ4v) is 2.53. The predicted octanol–water partition coefficient (Wildman–Crippen LogP) is 3.64. The molecule has 0 unspecified atom stereocenters. The minimum atomic E-state index is -0.915. The number of esters is 1. The topological polar surface area (TPSA) is 61.8 Å². The first kappa shape index (κ1) is 18.5. The summed E-state index contributed by atoms with van der Waals surface area (Å²) in [5.41, 5.74) is 2.89. The van der Waals surface area contributed by atoms with Crippen molar-refractivity contribution in [2.45, 2.75) is 27.4 Å². The lowest BCUT2D eigenvalue weighted by molar-refractivity contribution is -0.135. The van der Waals surface area contributed by atoms with Crippen LogP contribution >= 0.6 is 0 Å². The largest absolute Gasteiger partial charge is 0.493 e. The molecule has 0 aliphatic carbocycles. The first-order valence-electron chi connectivity index (χ1n) is 8.05. The van der Waals surface area contributed by atoms with Gasteiger partial charge >= 0.3 is 5.97 Å². The molecule has 0 aliphatic heterocycles. The van der Waals surface area contributed by atoms with Gasteiger partial charge in [-0.15, -0.1) is 0 Å². The third kappa shape index (κ3) is 4.38. The highest BCUT2D eigenvalue weighted by Gasteiger charge is 2.23. The van der Waals surface area contributed by atoms with Gasteiger partial charge in [0.15, 0.2) is 0 Å². The molecule has 0 aliphatic rings. The van der Waals surface area contributed by atoms with Crippen LogP contribution in [0.2, 0.25) is 0 Å². The van der Waals surface area contributed by atoms with Crippen molar-refractivity contribution in [1.29, 1.82) is 0 Å². The molecular weight excluding hydrogens is 320 g/mol. The lowest BCUT2D eigenvalue weighted by Crippen LogP contribution is -2.19. The number of ketones is 1. The number of carbonyl (C=O) groups excluding carboxylic acids is 2. The normalized spacial score (nSPS) is 10.2. The van der Waals surface area contributed by atoms with Crippen molar-refractivity contribution < 1.29 is 23.8 Å². The highest BCUT2D eigenvalue weighted by molar-refractivity contribution is 6.41. The highest BCUT2D eigenvalue weighted by Crippen LogP contribution is 2.27. The molecule has 0 atom stereocenters. The van der Waals surface area contributed by atoms with Gasteiger partial charge in [0.25, 0.3) is 5.78 Å². The summed E-state index contributed by atoms with van der Waals surface area (Å²) in [5, 5.41) is 0. The Hall–Kier alpha value is -2.82. The number of ether oxygens (including phenoxy) is 3. The number of aryl methyl sites for hydroxylation is 2. The third-order valence-electron chi connectivity index (χ3n) is 3.75. The molecular formula is C20H22O5. The van der Waals surface area contributed by atoms with Gasteiger partial charge in [-0.3, -0.25) is 4.79 Å². The molecule has 5 heteroatoms. The molecule has 2 aromatic rings. The number of rotatable bonds is 7. The molecule has 2 rings (SSSR count). The van der Waals surface area contributed by atoms with E-state index in [-0.39, 0.29) is 12.2 Å². The molecule has 2 aromatic carbocycles. The molecule has 0 aromatic heterocycles. The van der Waals surface area contributed by atoms with E-state index in [9.17, 15) is 9.59 Å². The van der Waals surface area contributed by atoms with Crippen molar-refractivity contribution in [3.8, 4) is 11.5 Å². The highest BCUT2D eigenvalue weighted by atomic mass is 16.5. The van der Waals surface area contributed by atoms with Gasteiger partial charge in [0.2, 0.25) is 0 Å². The summed E-state index contributed by atoms with van der Waals surface area (Å²) in [5.74, 6) is -0.403. The van der Waals surface area contributed by atoms with Crippen LogP contribution in [0.4, 0.5) is 0 Å². The van der Waals surface area contributed by atoms with Crippen LogP contribution in [0.1, 0.15) is 34.0 Å². The van der Waals surface area contributed by atoms with Crippen LogP contribution in [0.5, 0.6) is 11.5 Å². The van der Waals surface area contributed by atoms with Crippen LogP contribution in [-0.2, 0) is 16.1 Å². The molecule has 5 nitrogen and oxygen atoms in total. The van der Waals surface area contributed by atoms with Crippen LogP contribution in [0.15, 0.2) is 36.4 Å². The molecule has 0 saturated carbocycles. The maximum atomic E-state index is 12.3. The summed E-state index contributed by atoms with van der Waals surface area (Å²) >= 11 is 0. The first-order chi connectivity index (χ1) is 12.0. The number of benzene rings is 2. The second kappa shape index (κ2) is 8.33. The molecule has 0 spiro atoms. The van der Waals surface area contributed by atoms with E-state index in [1.54, 1.807) is 18.2 Å². The maximum Gasteiger partial charge on any atom is 0.379 e. The van der Waals surface area contributed by atoms with Crippen LogP contribution in [-0.4, -0.2) is 25.5 Å². The Labute approximate surface area is 147 Å². The summed E-state index contributed by atoms with van der Waals surface area (Å²) in [4.78, 5) is 23.9. The quantitative estimate of drug-likeness (QED) is 0.437. The van der Waals surface area contributed by atoms with Gasteiger partial charge in [-0.2, -0.15) is 0 Å². The summed E-state index contributed by atoms with van der Waals surface area (Å²) in [7, 11) is 1.18. The van der Waals surface area contributed by atoms with Crippen molar-refractivity contribution in [3.63, 3.8) is 0 Å². The Bertz CT molecular complexity index is 780. The number of hydrogen-bond acceptors (Lipinski definition) is 5. The minimum Gasteiger partial charge on any atom is -0.493 e. The standard InChI is InChI=1S/C20H22O5/c1-5-24-18-8-6-7-15(19(21)20(22)23-4)16(18)12-25-17-10-9-13(2)11-14(17)3/h6-11H,5,12H2,1-4H3. The van der Waals surface area contributed by atoms with Crippen molar-refractivity contribution in [3.05, 3.63) is 58.7 Å². The summed E-state index contributed by atoms with van der Waals surface area (Å²) in [6, 6.07) is 10.8. The number of carbonyl (C=O) groups is 2. The van der Waals surface area contributed by atoms with Gasteiger partial charge in [0, 0.05) is 11.1 Å². The van der Waals surface area contributed by atoms with Crippen molar-refractivity contribution in [2.24, 2.45) is 0 Å². The molecule has 0 saturated heterocycles. The molecule has 0 amide bonds. The summed E-state index contributed by atoms with van der Waals surface area (Å²) < 4.78 is 16.0. The van der Waals surface area contributed by atoms with Crippen molar-refractivity contribution >= 4 is 11.8 Å². The zero-order valence-corrected chi connectivity index (χ0v) is 14.9. The zero-order valence-electron chi connectivity index (χ0n) is 14.9. The van der Waals surface area contributed by atoms with Gasteiger partial charge in [0.1, 0.15) is 18.1 Å². The Kier molecular flexibility index (Phi) is 6.17. The fourth-order valence-electron chi connectivity index (χ4n) is 2.53. The molecule has 0 bridgehead atoms. The van der Waals surface area contributed by atoms with Crippen LogP contribution in [0.3, 0.4) is 0 Å². The monoisotopic (exact) mass is 342 g/mol. The lowest BCUT2D eigenvalue weighted by atomic mass is 10.0. The lowest BCUT2D eigenvalue weighted by Gasteiger charge is -2.16. The van der Waals surface area contributed by atoms with Gasteiger partial charge in [0.05, 0.1) is 13.7 Å². The molecule has 0 fully saturated rings. The summed E-state index contributed by atoms with van der Waals surface area (Å²) in [6.45, 7) is 6.36. The Morgan fingerprint density at radius 1 is 1.00 bits per heavy atom. The molecule has 0 radical (unpaired) electrons. The maximum absolute atomic E-state index is 12.3. The second-order valence-corrected chi connectivity index (χ2v) is 5.59. The van der Waals surface area contributed by atoms with Crippen molar-refractivity contribution in [2.75, 3.05) is 13.7 Å². The van der Waals surface area contributed by atoms with Gasteiger partial charge < -0.3 is 14.2 Å². The number of methoxy groups -OCH3 is 1. The zero-order chi connectivity index (χ0) is 18.4. The van der Waals surface area contributed by atoms with E-state index in [4.69, 9.17) is 9.47 Å². The van der Waals surface area contributed by atoms with E-state index < -0.39 is 11.8 Å². The molecule has 0 heterocycles. The molecule has 25 heavy (non-hydrogen) atoms. The molecule has 132 valence electrons. The molecule has 0 N–H and O–H groups in total. The Morgan fingerprint density at radius 3 is 2.40 bits per heavy atom.